The Hall–Kier alpha value is -2.03. The van der Waals surface area contributed by atoms with Crippen molar-refractivity contribution in [1.29, 1.82) is 0 Å². The van der Waals surface area contributed by atoms with Crippen LogP contribution in [0, 0.1) is 11.3 Å². The summed E-state index contributed by atoms with van der Waals surface area (Å²) in [5.41, 5.74) is 4.68. The minimum atomic E-state index is 0. The zero-order valence-electron chi connectivity index (χ0n) is 16.7. The minimum Gasteiger partial charge on any atom is -1.00 e. The molecule has 3 rings (SSSR count). The van der Waals surface area contributed by atoms with E-state index in [0.29, 0.717) is 5.92 Å². The van der Waals surface area contributed by atoms with Crippen molar-refractivity contribution in [3.63, 3.8) is 0 Å². The zero-order chi connectivity index (χ0) is 19.3. The maximum atomic E-state index is 6.80. The van der Waals surface area contributed by atoms with Crippen LogP contribution in [0.2, 0.25) is 0 Å². The number of halogens is 2. The first-order chi connectivity index (χ1) is 12.9. The number of hydrogen-bond acceptors (Lipinski definition) is 1. The number of hydrogen-bond donors (Lipinski definition) is 2. The van der Waals surface area contributed by atoms with Gasteiger partial charge in [0.05, 0.1) is 5.03 Å². The standard InChI is InChI=1S/C24H27ClN2.ClH/c1-24(2,3)20-14-18(16-26-21-10-6-4-7-11-21)23(25)19(15-20)17-27-22-12-8-5-9-13-22;/h4-13,16-17,20,26H,14-15H2,1-3H3;1H/b18-16+,27-17?;. The second kappa shape index (κ2) is 9.95. The molecule has 1 unspecified atom stereocenters. The maximum absolute atomic E-state index is 6.80. The van der Waals surface area contributed by atoms with Gasteiger partial charge in [-0.15, -0.1) is 0 Å². The normalized spacial score (nSPS) is 19.0. The molecule has 2 nitrogen and oxygen atoms in total. The van der Waals surface area contributed by atoms with Gasteiger partial charge in [0.2, 0.25) is 5.69 Å². The summed E-state index contributed by atoms with van der Waals surface area (Å²) in [4.78, 5) is 3.40. The molecule has 0 radical (unpaired) electrons. The van der Waals surface area contributed by atoms with Crippen molar-refractivity contribution in [3.8, 4) is 0 Å². The molecule has 2 aromatic carbocycles. The van der Waals surface area contributed by atoms with E-state index < -0.39 is 0 Å². The van der Waals surface area contributed by atoms with E-state index in [1.54, 1.807) is 0 Å². The summed E-state index contributed by atoms with van der Waals surface area (Å²) in [7, 11) is 0. The molecule has 1 aliphatic rings. The smallest absolute Gasteiger partial charge is 0.203 e. The first-order valence-corrected chi connectivity index (χ1v) is 9.86. The molecule has 0 fully saturated rings. The van der Waals surface area contributed by atoms with Gasteiger partial charge >= 0.3 is 0 Å². The largest absolute Gasteiger partial charge is 1.00 e. The summed E-state index contributed by atoms with van der Waals surface area (Å²) >= 11 is 6.80. The Morgan fingerprint density at radius 2 is 1.57 bits per heavy atom. The van der Waals surface area contributed by atoms with E-state index in [-0.39, 0.29) is 17.8 Å². The monoisotopic (exact) mass is 414 g/mol. The Morgan fingerprint density at radius 3 is 2.18 bits per heavy atom. The first-order valence-electron chi connectivity index (χ1n) is 9.48. The average molecular weight is 415 g/mol. The van der Waals surface area contributed by atoms with Gasteiger partial charge in [-0.25, -0.2) is 4.99 Å². The van der Waals surface area contributed by atoms with E-state index in [1.807, 2.05) is 36.4 Å². The van der Waals surface area contributed by atoms with E-state index in [9.17, 15) is 0 Å². The number of rotatable bonds is 4. The van der Waals surface area contributed by atoms with E-state index in [0.717, 1.165) is 40.4 Å². The molecule has 1 atom stereocenters. The lowest BCUT2D eigenvalue weighted by molar-refractivity contribution is -0.347. The van der Waals surface area contributed by atoms with Crippen LogP contribution in [0.3, 0.4) is 0 Å². The summed E-state index contributed by atoms with van der Waals surface area (Å²) in [5, 5.41) is 4.25. The number of para-hydroxylation sites is 2. The third-order valence-corrected chi connectivity index (χ3v) is 5.58. The van der Waals surface area contributed by atoms with Crippen molar-refractivity contribution in [2.75, 3.05) is 5.32 Å². The minimum absolute atomic E-state index is 0. The zero-order valence-corrected chi connectivity index (χ0v) is 18.2. The maximum Gasteiger partial charge on any atom is 0.203 e. The van der Waals surface area contributed by atoms with Gasteiger partial charge in [-0.05, 0) is 41.9 Å². The fourth-order valence-corrected chi connectivity index (χ4v) is 3.52. The van der Waals surface area contributed by atoms with Gasteiger partial charge in [-0.2, -0.15) is 0 Å². The topological polar surface area (TPSA) is 26.0 Å². The lowest BCUT2D eigenvalue weighted by Crippen LogP contribution is -3.00. The Labute approximate surface area is 179 Å². The average Bonchev–Trinajstić information content (AvgIpc) is 2.67. The molecular formula is C24H28Cl2N2. The molecule has 0 saturated heterocycles. The van der Waals surface area contributed by atoms with Crippen LogP contribution in [-0.2, 0) is 0 Å². The van der Waals surface area contributed by atoms with E-state index >= 15 is 0 Å². The van der Waals surface area contributed by atoms with E-state index in [4.69, 9.17) is 11.6 Å². The molecule has 0 heterocycles. The van der Waals surface area contributed by atoms with Crippen LogP contribution in [-0.4, -0.2) is 6.21 Å². The molecular weight excluding hydrogens is 387 g/mol. The fraction of sp³-hybridized carbons (Fsp3) is 0.292. The second-order valence-corrected chi connectivity index (χ2v) is 8.52. The summed E-state index contributed by atoms with van der Waals surface area (Å²) in [6.45, 7) is 6.92. The van der Waals surface area contributed by atoms with E-state index in [2.05, 4.69) is 67.8 Å². The molecule has 28 heavy (non-hydrogen) atoms. The molecule has 0 aliphatic heterocycles. The predicted molar refractivity (Wildman–Crippen MR) is 116 cm³/mol. The first kappa shape index (κ1) is 22.3. The van der Waals surface area contributed by atoms with Crippen LogP contribution in [0.5, 0.6) is 0 Å². The van der Waals surface area contributed by atoms with Crippen LogP contribution in [0.15, 0.2) is 83.0 Å². The molecule has 148 valence electrons. The number of benzene rings is 2. The van der Waals surface area contributed by atoms with Crippen molar-refractivity contribution in [1.82, 2.24) is 0 Å². The summed E-state index contributed by atoms with van der Waals surface area (Å²) in [6, 6.07) is 20.4. The molecule has 4 heteroatoms. The lowest BCUT2D eigenvalue weighted by Gasteiger charge is -2.35. The van der Waals surface area contributed by atoms with Gasteiger partial charge in [0.15, 0.2) is 6.21 Å². The quantitative estimate of drug-likeness (QED) is 0.738. The third kappa shape index (κ3) is 5.98. The highest BCUT2D eigenvalue weighted by Crippen LogP contribution is 2.43. The van der Waals surface area contributed by atoms with Crippen LogP contribution in [0.25, 0.3) is 0 Å². The number of nitrogens with one attached hydrogen (secondary N) is 2. The molecule has 1 aliphatic carbocycles. The van der Waals surface area contributed by atoms with Crippen molar-refractivity contribution >= 4 is 29.2 Å². The highest BCUT2D eigenvalue weighted by atomic mass is 35.5. The molecule has 0 saturated carbocycles. The summed E-state index contributed by atoms with van der Waals surface area (Å²) < 4.78 is 0. The Morgan fingerprint density at radius 1 is 0.964 bits per heavy atom. The van der Waals surface area contributed by atoms with Gasteiger partial charge in [-0.1, -0.05) is 68.8 Å². The van der Waals surface area contributed by atoms with Gasteiger partial charge in [0.25, 0.3) is 0 Å². The highest BCUT2D eigenvalue weighted by molar-refractivity contribution is 6.33. The van der Waals surface area contributed by atoms with Crippen LogP contribution >= 0.6 is 11.6 Å². The predicted octanol–water partition coefficient (Wildman–Crippen LogP) is 2.42. The molecule has 2 N–H and O–H groups in total. The highest BCUT2D eigenvalue weighted by Gasteiger charge is 2.32. The molecule has 0 aromatic heterocycles. The number of allylic oxidation sites excluding steroid dienone is 3. The van der Waals surface area contributed by atoms with Crippen molar-refractivity contribution in [3.05, 3.63) is 83.0 Å². The molecule has 0 bridgehead atoms. The second-order valence-electron chi connectivity index (χ2n) is 8.15. The summed E-state index contributed by atoms with van der Waals surface area (Å²) in [5.74, 6) is 0.535. The van der Waals surface area contributed by atoms with E-state index in [1.165, 1.54) is 0 Å². The van der Waals surface area contributed by atoms with Crippen LogP contribution < -0.4 is 22.7 Å². The molecule has 0 spiro atoms. The van der Waals surface area contributed by atoms with Gasteiger partial charge in [0, 0.05) is 29.6 Å². The Bertz CT molecular complexity index is 847. The van der Waals surface area contributed by atoms with Crippen molar-refractivity contribution in [2.45, 2.75) is 33.6 Å². The summed E-state index contributed by atoms with van der Waals surface area (Å²) in [6.07, 6.45) is 6.08. The van der Waals surface area contributed by atoms with Crippen LogP contribution in [0.1, 0.15) is 33.6 Å². The van der Waals surface area contributed by atoms with Crippen molar-refractivity contribution in [2.24, 2.45) is 11.3 Å². The van der Waals surface area contributed by atoms with Crippen LogP contribution in [0.4, 0.5) is 11.4 Å². The SMILES string of the molecule is CC(C)(C)C1CC(C=[NH+]c2ccccc2)=C(Cl)/C(=C/Nc2ccccc2)C1.[Cl-]. The lowest BCUT2D eigenvalue weighted by atomic mass is 9.71. The van der Waals surface area contributed by atoms with Gasteiger partial charge in [0.1, 0.15) is 0 Å². The van der Waals surface area contributed by atoms with Gasteiger partial charge in [-0.3, -0.25) is 0 Å². The Kier molecular flexibility index (Phi) is 7.91. The van der Waals surface area contributed by atoms with Crippen molar-refractivity contribution < 1.29 is 17.4 Å². The Balaban J connectivity index is 0.00000280. The molecule has 0 amide bonds. The fourth-order valence-electron chi connectivity index (χ4n) is 3.26. The van der Waals surface area contributed by atoms with Gasteiger partial charge < -0.3 is 17.7 Å². The molecule has 2 aromatic rings. The number of anilines is 1. The third-order valence-electron chi connectivity index (χ3n) is 5.09.